The summed E-state index contributed by atoms with van der Waals surface area (Å²) in [4.78, 5) is 39.9. The highest BCUT2D eigenvalue weighted by Crippen LogP contribution is 2.34. The molecule has 1 amide bonds. The van der Waals surface area contributed by atoms with E-state index in [2.05, 4.69) is 15.4 Å². The van der Waals surface area contributed by atoms with Crippen LogP contribution in [0.2, 0.25) is 0 Å². The number of nitrogens with zero attached hydrogens (tertiary/aromatic N) is 2. The maximum absolute atomic E-state index is 13.0. The van der Waals surface area contributed by atoms with E-state index in [0.717, 1.165) is 4.68 Å². The predicted molar refractivity (Wildman–Crippen MR) is 143 cm³/mol. The number of aromatic nitrogens is 2. The van der Waals surface area contributed by atoms with Crippen molar-refractivity contribution < 1.29 is 18.7 Å². The molecule has 1 heterocycles. The third kappa shape index (κ3) is 5.79. The van der Waals surface area contributed by atoms with E-state index in [1.54, 1.807) is 43.3 Å². The van der Waals surface area contributed by atoms with Crippen LogP contribution in [0.3, 0.4) is 0 Å². The van der Waals surface area contributed by atoms with Gasteiger partial charge in [-0.2, -0.15) is 5.10 Å². The number of halogens is 2. The minimum Gasteiger partial charge on any atom is -0.490 e. The van der Waals surface area contributed by atoms with E-state index in [-0.39, 0.29) is 6.61 Å². The Morgan fingerprint density at radius 1 is 1.14 bits per heavy atom. The highest BCUT2D eigenvalue weighted by molar-refractivity contribution is 14.1. The molecule has 0 fully saturated rings. The fraction of sp³-hybridized carbons (Fsp3) is 0.120. The summed E-state index contributed by atoms with van der Waals surface area (Å²) in [6, 6.07) is 15.4. The molecule has 0 unspecified atom stereocenters. The zero-order valence-electron chi connectivity index (χ0n) is 19.0. The number of hydrogen-bond donors (Lipinski definition) is 2. The molecule has 9 nitrogen and oxygen atoms in total. The van der Waals surface area contributed by atoms with Crippen molar-refractivity contribution >= 4 is 51.3 Å². The summed E-state index contributed by atoms with van der Waals surface area (Å²) in [6.07, 6.45) is 1.36. The maximum Gasteiger partial charge on any atom is 0.349 e. The van der Waals surface area contributed by atoms with Gasteiger partial charge in [-0.1, -0.05) is 12.1 Å². The largest absolute Gasteiger partial charge is 0.490 e. The molecule has 184 valence electrons. The molecule has 0 aliphatic rings. The summed E-state index contributed by atoms with van der Waals surface area (Å²) >= 11 is 2.03. The number of aromatic amines is 1. The number of fused-ring (bicyclic) bond motifs is 1. The van der Waals surface area contributed by atoms with Gasteiger partial charge in [-0.25, -0.2) is 9.18 Å². The molecule has 0 saturated carbocycles. The van der Waals surface area contributed by atoms with Crippen molar-refractivity contribution in [2.45, 2.75) is 6.92 Å². The average molecular weight is 602 g/mol. The topological polar surface area (TPSA) is 115 Å². The molecular formula is C25H20FIN4O5. The van der Waals surface area contributed by atoms with Crippen LogP contribution in [0.15, 0.2) is 75.4 Å². The Morgan fingerprint density at radius 3 is 2.64 bits per heavy atom. The van der Waals surface area contributed by atoms with E-state index in [1.807, 2.05) is 22.6 Å². The molecule has 0 spiro atoms. The zero-order chi connectivity index (χ0) is 25.7. The number of anilines is 1. The molecule has 0 atom stereocenters. The molecule has 36 heavy (non-hydrogen) atoms. The van der Waals surface area contributed by atoms with Crippen LogP contribution in [0.5, 0.6) is 11.5 Å². The third-order valence-electron chi connectivity index (χ3n) is 4.91. The number of nitrogens with one attached hydrogen (secondary N) is 2. The predicted octanol–water partition coefficient (Wildman–Crippen LogP) is 3.73. The van der Waals surface area contributed by atoms with Crippen LogP contribution >= 0.6 is 22.6 Å². The normalized spacial score (nSPS) is 11.1. The fourth-order valence-electron chi connectivity index (χ4n) is 3.32. The first-order valence-corrected chi connectivity index (χ1v) is 11.9. The lowest BCUT2D eigenvalue weighted by molar-refractivity contribution is -0.118. The van der Waals surface area contributed by atoms with E-state index >= 15 is 0 Å². The Balaban J connectivity index is 1.55. The van der Waals surface area contributed by atoms with Gasteiger partial charge >= 0.3 is 5.69 Å². The Labute approximate surface area is 217 Å². The standard InChI is InChI=1S/C25H20FIN4O5/c1-2-35-21-12-15(13-28-31-24(33)18-5-3-4-6-20(18)30-25(31)34)11-19(27)23(21)36-14-22(32)29-17-9-7-16(26)8-10-17/h3-13H,2,14H2,1H3,(H,29,32)(H,30,34). The van der Waals surface area contributed by atoms with Gasteiger partial charge < -0.3 is 19.8 Å². The lowest BCUT2D eigenvalue weighted by Crippen LogP contribution is -2.32. The first-order valence-electron chi connectivity index (χ1n) is 10.8. The van der Waals surface area contributed by atoms with Gasteiger partial charge in [-0.3, -0.25) is 9.59 Å². The number of H-pyrrole nitrogens is 1. The molecule has 2 N–H and O–H groups in total. The zero-order valence-corrected chi connectivity index (χ0v) is 21.1. The molecule has 4 rings (SSSR count). The second-order valence-corrected chi connectivity index (χ2v) is 8.61. The van der Waals surface area contributed by atoms with Crippen LogP contribution in [0.25, 0.3) is 10.9 Å². The van der Waals surface area contributed by atoms with Gasteiger partial charge in [0.25, 0.3) is 11.5 Å². The van der Waals surface area contributed by atoms with Gasteiger partial charge in [0.1, 0.15) is 5.82 Å². The lowest BCUT2D eigenvalue weighted by atomic mass is 10.2. The smallest absolute Gasteiger partial charge is 0.349 e. The van der Waals surface area contributed by atoms with Crippen LogP contribution in [0.1, 0.15) is 12.5 Å². The molecule has 4 aromatic rings. The summed E-state index contributed by atoms with van der Waals surface area (Å²) < 4.78 is 25.8. The Kier molecular flexibility index (Phi) is 7.78. The van der Waals surface area contributed by atoms with E-state index in [0.29, 0.717) is 43.8 Å². The van der Waals surface area contributed by atoms with Crippen LogP contribution in [0, 0.1) is 9.39 Å². The summed E-state index contributed by atoms with van der Waals surface area (Å²) in [7, 11) is 0. The summed E-state index contributed by atoms with van der Waals surface area (Å²) in [5.74, 6) is -0.121. The van der Waals surface area contributed by atoms with Crippen molar-refractivity contribution in [1.82, 2.24) is 9.66 Å². The van der Waals surface area contributed by atoms with Crippen molar-refractivity contribution in [3.8, 4) is 11.5 Å². The van der Waals surface area contributed by atoms with Crippen molar-refractivity contribution in [2.75, 3.05) is 18.5 Å². The molecule has 0 saturated heterocycles. The highest BCUT2D eigenvalue weighted by Gasteiger charge is 2.14. The van der Waals surface area contributed by atoms with Crippen LogP contribution in [-0.2, 0) is 4.79 Å². The number of ether oxygens (including phenoxy) is 2. The van der Waals surface area contributed by atoms with Crippen LogP contribution < -0.4 is 26.0 Å². The van der Waals surface area contributed by atoms with E-state index in [1.165, 1.54) is 30.5 Å². The Hall–Kier alpha value is -4.00. The summed E-state index contributed by atoms with van der Waals surface area (Å²) in [5.41, 5.74) is 0.206. The molecule has 0 aliphatic heterocycles. The monoisotopic (exact) mass is 602 g/mol. The highest BCUT2D eigenvalue weighted by atomic mass is 127. The summed E-state index contributed by atoms with van der Waals surface area (Å²) in [6.45, 7) is 1.83. The van der Waals surface area contributed by atoms with Gasteiger partial charge in [-0.05, 0) is 83.6 Å². The van der Waals surface area contributed by atoms with Crippen LogP contribution in [0.4, 0.5) is 10.1 Å². The number of para-hydroxylation sites is 1. The minimum absolute atomic E-state index is 0.303. The number of carbonyl (C=O) groups is 1. The Morgan fingerprint density at radius 2 is 1.89 bits per heavy atom. The van der Waals surface area contributed by atoms with E-state index in [9.17, 15) is 18.8 Å². The molecule has 0 aliphatic carbocycles. The second-order valence-electron chi connectivity index (χ2n) is 7.44. The van der Waals surface area contributed by atoms with Crippen LogP contribution in [-0.4, -0.2) is 35.0 Å². The van der Waals surface area contributed by atoms with Gasteiger partial charge in [0.05, 0.1) is 27.3 Å². The van der Waals surface area contributed by atoms with Crippen molar-refractivity contribution in [3.05, 3.63) is 96.5 Å². The molecule has 0 radical (unpaired) electrons. The summed E-state index contributed by atoms with van der Waals surface area (Å²) in [5, 5.41) is 7.03. The molecule has 1 aromatic heterocycles. The molecular weight excluding hydrogens is 582 g/mol. The molecule has 3 aromatic carbocycles. The van der Waals surface area contributed by atoms with Gasteiger partial charge in [0.2, 0.25) is 0 Å². The number of benzene rings is 3. The number of rotatable bonds is 8. The molecule has 11 heteroatoms. The average Bonchev–Trinajstić information content (AvgIpc) is 2.85. The van der Waals surface area contributed by atoms with Gasteiger partial charge in [-0.15, -0.1) is 4.68 Å². The van der Waals surface area contributed by atoms with Crippen molar-refractivity contribution in [3.63, 3.8) is 0 Å². The quantitative estimate of drug-likeness (QED) is 0.236. The van der Waals surface area contributed by atoms with Gasteiger partial charge in [0.15, 0.2) is 18.1 Å². The lowest BCUT2D eigenvalue weighted by Gasteiger charge is -2.14. The van der Waals surface area contributed by atoms with Crippen molar-refractivity contribution in [1.29, 1.82) is 0 Å². The number of amides is 1. The SMILES string of the molecule is CCOc1cc(C=Nn2c(=O)[nH]c3ccccc3c2=O)cc(I)c1OCC(=O)Nc1ccc(F)cc1. The Bertz CT molecular complexity index is 1560. The van der Waals surface area contributed by atoms with E-state index in [4.69, 9.17) is 9.47 Å². The number of hydrogen-bond acceptors (Lipinski definition) is 6. The number of carbonyl (C=O) groups excluding carboxylic acids is 1. The van der Waals surface area contributed by atoms with E-state index < -0.39 is 23.0 Å². The van der Waals surface area contributed by atoms with Crippen molar-refractivity contribution in [2.24, 2.45) is 5.10 Å². The fourth-order valence-corrected chi connectivity index (χ4v) is 4.10. The second kappa shape index (κ2) is 11.2. The third-order valence-corrected chi connectivity index (χ3v) is 5.71. The minimum atomic E-state index is -0.665. The first-order chi connectivity index (χ1) is 17.4. The maximum atomic E-state index is 13.0. The van der Waals surface area contributed by atoms with Gasteiger partial charge in [0, 0.05) is 5.69 Å². The first kappa shape index (κ1) is 25.1. The molecule has 0 bridgehead atoms.